The molecular formula is C89H76Br8I2N4S8. The molecule has 22 heteroatoms. The summed E-state index contributed by atoms with van der Waals surface area (Å²) < 4.78 is 11.2. The molecule has 570 valence electrons. The molecule has 0 amide bonds. The van der Waals surface area contributed by atoms with E-state index in [1.165, 1.54) is 119 Å². The molecule has 13 aromatic rings. The van der Waals surface area contributed by atoms with Gasteiger partial charge in [0.25, 0.3) is 0 Å². The van der Waals surface area contributed by atoms with Crippen molar-refractivity contribution in [2.75, 3.05) is 0 Å². The molecule has 1 aliphatic carbocycles. The molecular weight excluding hydrogens is 2270 g/mol. The van der Waals surface area contributed by atoms with Crippen LogP contribution in [0.15, 0.2) is 325 Å². The molecule has 0 fully saturated rings. The first-order chi connectivity index (χ1) is 53.2. The molecule has 0 radical (unpaired) electrons. The van der Waals surface area contributed by atoms with Crippen molar-refractivity contribution in [1.82, 2.24) is 15.0 Å². The Labute approximate surface area is 792 Å². The minimum atomic E-state index is -0.326. The largest absolute Gasteiger partial charge is 0.324 e. The van der Waals surface area contributed by atoms with Gasteiger partial charge >= 0.3 is 0 Å². The van der Waals surface area contributed by atoms with Crippen LogP contribution in [0.1, 0.15) is 98.6 Å². The molecule has 0 saturated carbocycles. The third-order valence-electron chi connectivity index (χ3n) is 17.0. The second-order valence-corrected chi connectivity index (χ2v) is 38.9. The Bertz CT molecular complexity index is 4940. The smallest absolute Gasteiger partial charge is 0.223 e. The number of H-pyrrole nitrogens is 1. The quantitative estimate of drug-likeness (QED) is 0.0174. The maximum absolute atomic E-state index is 6.71. The predicted octanol–water partition coefficient (Wildman–Crippen LogP) is 34.1. The number of aryl methyl sites for hydroxylation is 2. The van der Waals surface area contributed by atoms with Crippen molar-refractivity contribution in [2.45, 2.75) is 118 Å². The van der Waals surface area contributed by atoms with Gasteiger partial charge in [-0.3, -0.25) is 0 Å². The lowest BCUT2D eigenvalue weighted by Gasteiger charge is -2.34. The summed E-state index contributed by atoms with van der Waals surface area (Å²) in [6.07, 6.45) is 12.9. The molecule has 1 aliphatic rings. The minimum Gasteiger partial charge on any atom is -0.324 e. The number of benzene rings is 12. The minimum absolute atomic E-state index is 0.324. The number of aromatic nitrogens is 3. The van der Waals surface area contributed by atoms with Crippen LogP contribution in [-0.2, 0) is 18.3 Å². The number of unbranched alkanes of at least 4 members (excludes halogenated alkanes) is 6. The maximum atomic E-state index is 6.71. The van der Waals surface area contributed by atoms with Crippen LogP contribution in [-0.4, -0.2) is 15.0 Å². The molecule has 14 rings (SSSR count). The number of nitrogens with one attached hydrogen (secondary N) is 1. The molecule has 12 aromatic carbocycles. The molecule has 0 saturated heterocycles. The molecule has 1 heterocycles. The Morgan fingerprint density at radius 3 is 1.27 bits per heavy atom. The lowest BCUT2D eigenvalue weighted by molar-refractivity contribution is 0.659. The molecule has 111 heavy (non-hydrogen) atoms. The fourth-order valence-electron chi connectivity index (χ4n) is 11.9. The summed E-state index contributed by atoms with van der Waals surface area (Å²) in [5.41, 5.74) is 15.1. The maximum Gasteiger partial charge on any atom is 0.223 e. The van der Waals surface area contributed by atoms with E-state index in [2.05, 4.69) is 416 Å². The molecule has 0 atom stereocenters. The van der Waals surface area contributed by atoms with Gasteiger partial charge in [-0.15, -0.1) is 88.4 Å². The van der Waals surface area contributed by atoms with Crippen LogP contribution in [0.3, 0.4) is 0 Å². The number of hydrogen-bond acceptors (Lipinski definition) is 10. The fourth-order valence-corrected chi connectivity index (χ4v) is 19.6. The van der Waals surface area contributed by atoms with E-state index >= 15 is 0 Å². The van der Waals surface area contributed by atoms with Gasteiger partial charge in [-0.2, -0.15) is 0 Å². The van der Waals surface area contributed by atoms with Crippen molar-refractivity contribution in [3.63, 3.8) is 0 Å². The van der Waals surface area contributed by atoms with Crippen LogP contribution in [0.2, 0.25) is 0 Å². The standard InChI is InChI=1S/C25H17IS.C18H29BrS.C15H9Br2N3S.C12H8Br2S2.C7H4BrNS.C6H4Br2S.C6H5IS/c26-19-11-13-21-22-14-12-20(27)16-24(22)25(23(21)15-19,17-7-3-1-4-8-17)18-9-5-2-6-10-18;1-3-5-7-9-11-15-14-18(20)16(13-17(15)19)12-10-8-6-4-2;16-11-5-1-9(2-6-11)13-18-14(20-15(21)19-13)10-3-7-12(17)8-4-10;13-9-1-7(2-10(14)5-9)8-3-11(15)6-12(16)4-8;1-9-6-2-5(8)3-7(10)4-6;7-4-1-5(8)3-6(9)2-4;7-5-1-3-6(8)4-2-5/h1-16,27H;13-14,20H,3-12H2,1-2H3;1-8H,(H,18,19,20,21);1-6,15-16H;2-4,10H;1-3,9H;1-4,8H. The first-order valence-corrected chi connectivity index (χ1v) is 47.0. The van der Waals surface area contributed by atoms with Crippen molar-refractivity contribution >= 4 is 279 Å². The Morgan fingerprint density at radius 1 is 0.378 bits per heavy atom. The van der Waals surface area contributed by atoms with Gasteiger partial charge in [0.15, 0.2) is 5.69 Å². The van der Waals surface area contributed by atoms with Crippen molar-refractivity contribution in [1.29, 1.82) is 0 Å². The topological polar surface area (TPSA) is 45.9 Å². The van der Waals surface area contributed by atoms with Gasteiger partial charge in [0.2, 0.25) is 4.77 Å². The van der Waals surface area contributed by atoms with Crippen LogP contribution in [0, 0.1) is 18.5 Å². The Balaban J connectivity index is 0.000000169. The van der Waals surface area contributed by atoms with Crippen molar-refractivity contribution in [3.8, 4) is 45.0 Å². The van der Waals surface area contributed by atoms with Gasteiger partial charge in [0.1, 0.15) is 11.6 Å². The van der Waals surface area contributed by atoms with Crippen molar-refractivity contribution in [2.24, 2.45) is 0 Å². The molecule has 1 aromatic heterocycles. The SMILES string of the molecule is CCCCCCc1cc(Br)c(CCCCCC)cc1S.S=c1nc(-c2ccc(Br)cc2)[nH]c(-c2ccc(Br)cc2)n1.Sc1cc(Br)cc(Br)c1.Sc1cc(S)cc(-c2cc(Br)cc(Br)c2)c1.Sc1ccc(I)cc1.Sc1ccc2c(c1)C(c1ccccc1)(c1ccccc1)c1cc(I)ccc1-2.[C-]#[N+]c1cc(S)cc(Br)c1. The van der Waals surface area contributed by atoms with Crippen molar-refractivity contribution < 1.29 is 0 Å². The van der Waals surface area contributed by atoms with Crippen LogP contribution in [0.25, 0.3) is 49.9 Å². The van der Waals surface area contributed by atoms with E-state index in [4.69, 9.17) is 18.8 Å². The van der Waals surface area contributed by atoms with Crippen LogP contribution >= 0.6 is 273 Å². The van der Waals surface area contributed by atoms with E-state index in [1.54, 1.807) is 12.1 Å². The molecule has 0 spiro atoms. The van der Waals surface area contributed by atoms with E-state index < -0.39 is 0 Å². The van der Waals surface area contributed by atoms with Crippen molar-refractivity contribution in [3.05, 3.63) is 347 Å². The van der Waals surface area contributed by atoms with E-state index in [9.17, 15) is 0 Å². The summed E-state index contributed by atoms with van der Waals surface area (Å²) in [5.74, 6) is 1.42. The first kappa shape index (κ1) is 93.6. The summed E-state index contributed by atoms with van der Waals surface area (Å²) in [7, 11) is 0. The van der Waals surface area contributed by atoms with Crippen LogP contribution in [0.5, 0.6) is 0 Å². The van der Waals surface area contributed by atoms with Gasteiger partial charge in [-0.25, -0.2) is 14.8 Å². The summed E-state index contributed by atoms with van der Waals surface area (Å²) >= 11 is 67.8. The van der Waals surface area contributed by atoms with E-state index in [-0.39, 0.29) is 5.41 Å². The predicted molar refractivity (Wildman–Crippen MR) is 539 cm³/mol. The molecule has 0 aliphatic heterocycles. The van der Waals surface area contributed by atoms with Gasteiger partial charge in [-0.05, 0) is 301 Å². The highest BCUT2D eigenvalue weighted by molar-refractivity contribution is 14.1. The number of halogens is 10. The second-order valence-electron chi connectivity index (χ2n) is 25.2. The Hall–Kier alpha value is -2.89. The molecule has 0 bridgehead atoms. The average molecular weight is 2350 g/mol. The van der Waals surface area contributed by atoms with Gasteiger partial charge in [0, 0.05) is 83.4 Å². The highest BCUT2D eigenvalue weighted by Crippen LogP contribution is 2.57. The summed E-state index contributed by atoms with van der Waals surface area (Å²) in [6.45, 7) is 11.2. The van der Waals surface area contributed by atoms with Gasteiger partial charge in [0.05, 0.1) is 12.0 Å². The second kappa shape index (κ2) is 48.2. The summed E-state index contributed by atoms with van der Waals surface area (Å²) in [6, 6.07) is 86.7. The third kappa shape index (κ3) is 29.8. The summed E-state index contributed by atoms with van der Waals surface area (Å²) in [5, 5.41) is 0. The third-order valence-corrected chi connectivity index (χ3v) is 24.7. The number of rotatable bonds is 15. The monoisotopic (exact) mass is 2340 g/mol. The van der Waals surface area contributed by atoms with E-state index in [1.807, 2.05) is 121 Å². The number of aromatic amines is 1. The average Bonchev–Trinajstić information content (AvgIpc) is 1.54. The normalized spacial score (nSPS) is 11.1. The highest BCUT2D eigenvalue weighted by atomic mass is 127. The zero-order valence-corrected chi connectivity index (χ0v) is 84.1. The lowest BCUT2D eigenvalue weighted by Crippen LogP contribution is -2.28. The number of hydrogen-bond donors (Lipinski definition) is 8. The van der Waals surface area contributed by atoms with Crippen LogP contribution < -0.4 is 0 Å². The van der Waals surface area contributed by atoms with Crippen LogP contribution in [0.4, 0.5) is 5.69 Å². The number of fused-ring (bicyclic) bond motifs is 3. The highest BCUT2D eigenvalue weighted by Gasteiger charge is 2.46. The van der Waals surface area contributed by atoms with Gasteiger partial charge < -0.3 is 4.98 Å². The number of nitrogens with zero attached hydrogens (tertiary/aromatic N) is 3. The zero-order chi connectivity index (χ0) is 80.2. The molecule has 0 unspecified atom stereocenters. The number of thiol groups is 7. The Kier molecular flexibility index (Phi) is 40.7. The lowest BCUT2D eigenvalue weighted by atomic mass is 9.68. The van der Waals surface area contributed by atoms with E-state index in [0.29, 0.717) is 22.1 Å². The molecule has 1 N–H and O–H groups in total. The van der Waals surface area contributed by atoms with Gasteiger partial charge in [-0.1, -0.05) is 277 Å². The zero-order valence-electron chi connectivity index (χ0n) is 60.0. The van der Waals surface area contributed by atoms with E-state index in [0.717, 1.165) is 89.4 Å². The fraction of sp³-hybridized carbons (Fsp3) is 0.146. The Morgan fingerprint density at radius 2 is 0.802 bits per heavy atom. The first-order valence-electron chi connectivity index (χ1n) is 35.0. The molecule has 4 nitrogen and oxygen atoms in total. The summed E-state index contributed by atoms with van der Waals surface area (Å²) in [4.78, 5) is 21.9.